The quantitative estimate of drug-likeness (QED) is 0.344. The first-order chi connectivity index (χ1) is 9.58. The summed E-state index contributed by atoms with van der Waals surface area (Å²) in [5, 5.41) is 0. The van der Waals surface area contributed by atoms with Crippen LogP contribution in [-0.4, -0.2) is 40.5 Å². The maximum absolute atomic E-state index is 10.3. The fraction of sp³-hybridized carbons (Fsp3) is 0.571. The van der Waals surface area contributed by atoms with Gasteiger partial charge in [-0.25, -0.2) is 0 Å². The van der Waals surface area contributed by atoms with Crippen molar-refractivity contribution in [3.63, 3.8) is 0 Å². The fourth-order valence-electron chi connectivity index (χ4n) is 1.78. The molecule has 0 radical (unpaired) electrons. The monoisotopic (exact) mass is 416 g/mol. The molecule has 0 aliphatic rings. The van der Waals surface area contributed by atoms with Gasteiger partial charge in [0.2, 0.25) is 0 Å². The second-order valence-electron chi connectivity index (χ2n) is 4.53. The predicted octanol–water partition coefficient (Wildman–Crippen LogP) is 2.59. The molecule has 114 valence electrons. The van der Waals surface area contributed by atoms with Crippen LogP contribution in [0.1, 0.15) is 38.5 Å². The van der Waals surface area contributed by atoms with Crippen LogP contribution in [0.3, 0.4) is 0 Å². The van der Waals surface area contributed by atoms with Crippen LogP contribution in [0.15, 0.2) is 30.3 Å². The SMILES string of the molecule is O=S(=O)(O)OCCCCCCCC[Te]c1ccccc1. The van der Waals surface area contributed by atoms with E-state index < -0.39 is 10.4 Å². The maximum atomic E-state index is 10.3. The van der Waals surface area contributed by atoms with Crippen molar-refractivity contribution in [1.82, 2.24) is 0 Å². The van der Waals surface area contributed by atoms with Gasteiger partial charge >= 0.3 is 132 Å². The molecule has 0 fully saturated rings. The van der Waals surface area contributed by atoms with Gasteiger partial charge in [-0.1, -0.05) is 0 Å². The standard InChI is InChI=1S/C14H22O4STe/c15-19(16,17)18-12-8-3-1-2-4-9-13-20-14-10-6-5-7-11-14/h5-7,10-11H,1-4,8-9,12-13H2,(H,15,16,17). The molecule has 0 aliphatic heterocycles. The third-order valence-corrected chi connectivity index (χ3v) is 6.38. The Hall–Kier alpha value is -0.120. The Kier molecular flexibility index (Phi) is 9.49. The summed E-state index contributed by atoms with van der Waals surface area (Å²) >= 11 is -0.0105. The molecule has 1 N–H and O–H groups in total. The van der Waals surface area contributed by atoms with Crippen LogP contribution in [-0.2, 0) is 14.6 Å². The minimum atomic E-state index is -4.25. The summed E-state index contributed by atoms with van der Waals surface area (Å²) in [7, 11) is -4.25. The van der Waals surface area contributed by atoms with Crippen LogP contribution in [0.25, 0.3) is 0 Å². The van der Waals surface area contributed by atoms with Gasteiger partial charge in [-0.2, -0.15) is 0 Å². The van der Waals surface area contributed by atoms with Gasteiger partial charge in [0.25, 0.3) is 0 Å². The van der Waals surface area contributed by atoms with E-state index >= 15 is 0 Å². The summed E-state index contributed by atoms with van der Waals surface area (Å²) in [6, 6.07) is 10.7. The van der Waals surface area contributed by atoms with E-state index in [9.17, 15) is 8.42 Å². The van der Waals surface area contributed by atoms with E-state index in [2.05, 4.69) is 34.5 Å². The van der Waals surface area contributed by atoms with Crippen LogP contribution < -0.4 is 3.61 Å². The summed E-state index contributed by atoms with van der Waals surface area (Å²) in [5.41, 5.74) is 0. The Labute approximate surface area is 132 Å². The number of rotatable bonds is 11. The molecule has 0 unspecified atom stereocenters. The second-order valence-corrected chi connectivity index (χ2v) is 8.96. The molecule has 1 aromatic rings. The van der Waals surface area contributed by atoms with Crippen LogP contribution in [0.2, 0.25) is 4.47 Å². The molecule has 0 spiro atoms. The summed E-state index contributed by atoms with van der Waals surface area (Å²) in [4.78, 5) is 0. The van der Waals surface area contributed by atoms with Crippen LogP contribution in [0.5, 0.6) is 0 Å². The van der Waals surface area contributed by atoms with Crippen molar-refractivity contribution in [2.75, 3.05) is 6.61 Å². The van der Waals surface area contributed by atoms with Gasteiger partial charge in [0.05, 0.1) is 0 Å². The summed E-state index contributed by atoms with van der Waals surface area (Å²) < 4.78 is 36.1. The van der Waals surface area contributed by atoms with Gasteiger partial charge < -0.3 is 0 Å². The van der Waals surface area contributed by atoms with Crippen LogP contribution in [0.4, 0.5) is 0 Å². The molecule has 0 amide bonds. The molecule has 20 heavy (non-hydrogen) atoms. The number of hydrogen-bond donors (Lipinski definition) is 1. The normalized spacial score (nSPS) is 11.7. The molecule has 6 heteroatoms. The molecular weight excluding hydrogens is 392 g/mol. The van der Waals surface area contributed by atoms with Gasteiger partial charge in [0.1, 0.15) is 0 Å². The van der Waals surface area contributed by atoms with Gasteiger partial charge in [0.15, 0.2) is 0 Å². The molecule has 0 aliphatic carbocycles. The molecule has 0 saturated heterocycles. The van der Waals surface area contributed by atoms with Crippen molar-refractivity contribution in [3.8, 4) is 0 Å². The molecule has 0 heterocycles. The van der Waals surface area contributed by atoms with E-state index in [-0.39, 0.29) is 27.5 Å². The van der Waals surface area contributed by atoms with Gasteiger partial charge in [-0.3, -0.25) is 0 Å². The van der Waals surface area contributed by atoms with E-state index in [1.54, 1.807) is 0 Å². The van der Waals surface area contributed by atoms with E-state index in [4.69, 9.17) is 4.55 Å². The molecule has 0 aromatic heterocycles. The van der Waals surface area contributed by atoms with E-state index in [1.807, 2.05) is 0 Å². The second kappa shape index (κ2) is 10.6. The molecule has 1 rings (SSSR count). The Morgan fingerprint density at radius 1 is 0.950 bits per heavy atom. The van der Waals surface area contributed by atoms with Crippen molar-refractivity contribution in [2.45, 2.75) is 43.0 Å². The first kappa shape index (κ1) is 17.9. The van der Waals surface area contributed by atoms with Crippen molar-refractivity contribution >= 4 is 34.9 Å². The summed E-state index contributed by atoms with van der Waals surface area (Å²) in [6.07, 6.45) is 6.45. The predicted molar refractivity (Wildman–Crippen MR) is 81.8 cm³/mol. The number of benzene rings is 1. The first-order valence-corrected chi connectivity index (χ1v) is 11.1. The Morgan fingerprint density at radius 2 is 1.55 bits per heavy atom. The molecule has 4 nitrogen and oxygen atoms in total. The third kappa shape index (κ3) is 10.6. The molecule has 0 bridgehead atoms. The van der Waals surface area contributed by atoms with Crippen LogP contribution in [0, 0.1) is 0 Å². The van der Waals surface area contributed by atoms with Gasteiger partial charge in [0, 0.05) is 0 Å². The minimum absolute atomic E-state index is 0.0105. The fourth-order valence-corrected chi connectivity index (χ4v) is 4.78. The molecule has 0 saturated carbocycles. The Balaban J connectivity index is 1.86. The topological polar surface area (TPSA) is 63.6 Å². The average molecular weight is 414 g/mol. The van der Waals surface area contributed by atoms with Crippen molar-refractivity contribution in [1.29, 1.82) is 0 Å². The zero-order valence-electron chi connectivity index (χ0n) is 11.5. The molecule has 1 aromatic carbocycles. The van der Waals surface area contributed by atoms with Crippen molar-refractivity contribution < 1.29 is 17.2 Å². The zero-order chi connectivity index (χ0) is 14.7. The van der Waals surface area contributed by atoms with Crippen LogP contribution >= 0.6 is 0 Å². The van der Waals surface area contributed by atoms with Crippen molar-refractivity contribution in [2.24, 2.45) is 0 Å². The molecular formula is C14H22O4STe. The first-order valence-electron chi connectivity index (χ1n) is 6.87. The number of unbranched alkanes of at least 4 members (excludes halogenated alkanes) is 5. The average Bonchev–Trinajstić information content (AvgIpc) is 2.41. The zero-order valence-corrected chi connectivity index (χ0v) is 14.7. The summed E-state index contributed by atoms with van der Waals surface area (Å²) in [5.74, 6) is 0. The van der Waals surface area contributed by atoms with Crippen molar-refractivity contribution in [3.05, 3.63) is 30.3 Å². The Morgan fingerprint density at radius 3 is 2.20 bits per heavy atom. The molecule has 0 atom stereocenters. The van der Waals surface area contributed by atoms with E-state index in [0.29, 0.717) is 6.42 Å². The van der Waals surface area contributed by atoms with Gasteiger partial charge in [-0.05, 0) is 0 Å². The van der Waals surface area contributed by atoms with E-state index in [0.717, 1.165) is 12.8 Å². The van der Waals surface area contributed by atoms with E-state index in [1.165, 1.54) is 27.3 Å². The summed E-state index contributed by atoms with van der Waals surface area (Å²) in [6.45, 7) is 0.0827. The third-order valence-electron chi connectivity index (χ3n) is 2.78. The van der Waals surface area contributed by atoms with Gasteiger partial charge in [-0.15, -0.1) is 0 Å². The Bertz CT molecular complexity index is 448. The number of hydrogen-bond acceptors (Lipinski definition) is 3.